The van der Waals surface area contributed by atoms with Crippen LogP contribution in [0.15, 0.2) is 48.7 Å². The molecular weight excluding hydrogens is 649 g/mol. The number of aromatic nitrogens is 2. The lowest BCUT2D eigenvalue weighted by Gasteiger charge is -2.40. The smallest absolute Gasteiger partial charge is 0.243 e. The van der Waals surface area contributed by atoms with Crippen molar-refractivity contribution in [3.63, 3.8) is 0 Å². The predicted molar refractivity (Wildman–Crippen MR) is 182 cm³/mol. The summed E-state index contributed by atoms with van der Waals surface area (Å²) in [6, 6.07) is 8.59. The minimum Gasteiger partial charge on any atom is -0.389 e. The van der Waals surface area contributed by atoms with E-state index in [9.17, 15) is 9.90 Å². The number of likely N-dealkylation sites (N-methyl/N-ethyl adjacent to an activating group) is 1. The fraction of sp³-hybridized carbons (Fsp3) is 0.529. The van der Waals surface area contributed by atoms with Crippen LogP contribution >= 0.6 is 23.2 Å². The molecule has 9 nitrogen and oxygen atoms in total. The number of anilines is 1. The fourth-order valence-corrected chi connectivity index (χ4v) is 6.70. The SMILES string of the molecule is CN(C)C[C@@H](O)COC(C)(C)Cn1ccc(NC(=O)[C@@H]2N[C@@H](CC(C)(C)C)[C@](N)(c3ccc(Cl)cc3F)[C@H]2c2cccc(Cl)c2F)n1. The molecule has 0 bridgehead atoms. The molecule has 1 aromatic heterocycles. The summed E-state index contributed by atoms with van der Waals surface area (Å²) in [4.78, 5) is 16.0. The number of carbonyl (C=O) groups excluding carboxylic acids is 1. The minimum atomic E-state index is -1.59. The first-order valence-corrected chi connectivity index (χ1v) is 16.3. The first-order valence-electron chi connectivity index (χ1n) is 15.6. The van der Waals surface area contributed by atoms with Gasteiger partial charge in [-0.15, -0.1) is 0 Å². The highest BCUT2D eigenvalue weighted by molar-refractivity contribution is 6.31. The van der Waals surface area contributed by atoms with Crippen LogP contribution < -0.4 is 16.4 Å². The molecule has 1 saturated heterocycles. The van der Waals surface area contributed by atoms with Gasteiger partial charge in [0.05, 0.1) is 41.5 Å². The Labute approximate surface area is 285 Å². The molecule has 47 heavy (non-hydrogen) atoms. The third-order valence-electron chi connectivity index (χ3n) is 8.30. The number of nitrogens with one attached hydrogen (secondary N) is 2. The van der Waals surface area contributed by atoms with Gasteiger partial charge in [0.1, 0.15) is 11.6 Å². The van der Waals surface area contributed by atoms with E-state index < -0.39 is 52.8 Å². The van der Waals surface area contributed by atoms with Gasteiger partial charge in [-0.25, -0.2) is 8.78 Å². The van der Waals surface area contributed by atoms with Crippen LogP contribution in [0, 0.1) is 17.0 Å². The number of halogens is 4. The molecule has 13 heteroatoms. The molecule has 5 atom stereocenters. The van der Waals surface area contributed by atoms with E-state index in [0.29, 0.717) is 19.5 Å². The highest BCUT2D eigenvalue weighted by atomic mass is 35.5. The van der Waals surface area contributed by atoms with Gasteiger partial charge >= 0.3 is 0 Å². The molecule has 1 aliphatic heterocycles. The lowest BCUT2D eigenvalue weighted by Crippen LogP contribution is -2.52. The lowest BCUT2D eigenvalue weighted by atomic mass is 9.68. The molecule has 1 aliphatic rings. The summed E-state index contributed by atoms with van der Waals surface area (Å²) in [7, 11) is 3.74. The Kier molecular flexibility index (Phi) is 11.4. The zero-order valence-corrected chi connectivity index (χ0v) is 29.5. The van der Waals surface area contributed by atoms with E-state index >= 15 is 8.78 Å². The van der Waals surface area contributed by atoms with Gasteiger partial charge in [0.2, 0.25) is 5.91 Å². The highest BCUT2D eigenvalue weighted by Gasteiger charge is 2.58. The molecular formula is C34H46Cl2F2N6O3. The number of nitrogens with zero attached hydrogens (tertiary/aromatic N) is 3. The largest absolute Gasteiger partial charge is 0.389 e. The highest BCUT2D eigenvalue weighted by Crippen LogP contribution is 2.50. The number of aliphatic hydroxyl groups is 1. The molecule has 0 unspecified atom stereocenters. The molecule has 1 fully saturated rings. The second-order valence-corrected chi connectivity index (χ2v) is 15.4. The maximum atomic E-state index is 15.8. The van der Waals surface area contributed by atoms with Gasteiger partial charge in [0.15, 0.2) is 5.82 Å². The van der Waals surface area contributed by atoms with E-state index in [0.717, 1.165) is 0 Å². The van der Waals surface area contributed by atoms with Crippen LogP contribution in [-0.4, -0.2) is 76.7 Å². The van der Waals surface area contributed by atoms with Gasteiger partial charge in [0, 0.05) is 41.4 Å². The van der Waals surface area contributed by atoms with Crippen molar-refractivity contribution >= 4 is 34.9 Å². The van der Waals surface area contributed by atoms with Crippen LogP contribution in [0.2, 0.25) is 10.0 Å². The predicted octanol–water partition coefficient (Wildman–Crippen LogP) is 5.54. The molecule has 4 rings (SSSR count). The average molecular weight is 696 g/mol. The van der Waals surface area contributed by atoms with E-state index in [-0.39, 0.29) is 39.0 Å². The number of benzene rings is 2. The summed E-state index contributed by atoms with van der Waals surface area (Å²) in [5, 5.41) is 21.0. The quantitative estimate of drug-likeness (QED) is 0.197. The Bertz CT molecular complexity index is 1560. The summed E-state index contributed by atoms with van der Waals surface area (Å²) < 4.78 is 39.2. The number of hydrogen-bond donors (Lipinski definition) is 4. The van der Waals surface area contributed by atoms with Crippen LogP contribution in [0.1, 0.15) is 58.1 Å². The molecule has 5 N–H and O–H groups in total. The van der Waals surface area contributed by atoms with Crippen molar-refractivity contribution in [3.05, 3.63) is 81.5 Å². The first kappa shape index (κ1) is 37.2. The summed E-state index contributed by atoms with van der Waals surface area (Å²) in [5.41, 5.74) is 4.88. The van der Waals surface area contributed by atoms with Gasteiger partial charge in [-0.3, -0.25) is 9.48 Å². The molecule has 1 amide bonds. The lowest BCUT2D eigenvalue weighted by molar-refractivity contribution is -0.118. The number of ether oxygens (including phenoxy) is 1. The molecule has 0 aliphatic carbocycles. The van der Waals surface area contributed by atoms with E-state index in [1.54, 1.807) is 23.0 Å². The Morgan fingerprint density at radius 2 is 1.89 bits per heavy atom. The Hall–Kier alpha value is -2.64. The third-order valence-corrected chi connectivity index (χ3v) is 8.82. The van der Waals surface area contributed by atoms with Crippen molar-refractivity contribution in [3.8, 4) is 0 Å². The van der Waals surface area contributed by atoms with E-state index in [1.165, 1.54) is 30.3 Å². The van der Waals surface area contributed by atoms with Crippen LogP contribution in [0.3, 0.4) is 0 Å². The number of rotatable bonds is 12. The van der Waals surface area contributed by atoms with E-state index in [4.69, 9.17) is 33.7 Å². The van der Waals surface area contributed by atoms with Crippen molar-refractivity contribution < 1.29 is 23.4 Å². The minimum absolute atomic E-state index is 0.0827. The van der Waals surface area contributed by atoms with Gasteiger partial charge in [-0.1, -0.05) is 62.2 Å². The number of amides is 1. The molecule has 2 aromatic carbocycles. The molecule has 0 radical (unpaired) electrons. The van der Waals surface area contributed by atoms with Crippen LogP contribution in [0.5, 0.6) is 0 Å². The normalized spacial score (nSPS) is 22.6. The standard InChI is InChI=1S/C34H46Cl2F2N6O3/c1-32(2,3)16-26-34(39,23-12-11-20(35)15-25(23)37)28(22-9-8-10-24(36)29(22)38)30(40-26)31(46)41-27-13-14-44(42-27)19-33(4,5)47-18-21(45)17-43(6)7/h8-15,21,26,28,30,40,45H,16-19,39H2,1-7H3,(H,41,42,46)/t21-,26+,28+,30-,34-/m1/s1. The van der Waals surface area contributed by atoms with Crippen molar-refractivity contribution in [2.75, 3.05) is 32.6 Å². The summed E-state index contributed by atoms with van der Waals surface area (Å²) in [6.45, 7) is 10.8. The van der Waals surface area contributed by atoms with Crippen LogP contribution in [-0.2, 0) is 21.6 Å². The zero-order chi connectivity index (χ0) is 34.9. The number of nitrogens with two attached hydrogens (primary N) is 1. The molecule has 258 valence electrons. The molecule has 0 saturated carbocycles. The summed E-state index contributed by atoms with van der Waals surface area (Å²) in [5.74, 6) is -2.74. The second kappa shape index (κ2) is 14.5. The summed E-state index contributed by atoms with van der Waals surface area (Å²) >= 11 is 12.3. The topological polar surface area (TPSA) is 118 Å². The zero-order valence-electron chi connectivity index (χ0n) is 28.0. The Balaban J connectivity index is 1.67. The van der Waals surface area contributed by atoms with Crippen molar-refractivity contribution in [1.82, 2.24) is 20.0 Å². The number of aliphatic hydroxyl groups excluding tert-OH is 1. The molecule has 2 heterocycles. The van der Waals surface area contributed by atoms with Gasteiger partial charge < -0.3 is 31.1 Å². The van der Waals surface area contributed by atoms with Gasteiger partial charge in [0.25, 0.3) is 0 Å². The fourth-order valence-electron chi connectivity index (χ4n) is 6.36. The van der Waals surface area contributed by atoms with Gasteiger partial charge in [-0.2, -0.15) is 5.10 Å². The van der Waals surface area contributed by atoms with Crippen LogP contribution in [0.4, 0.5) is 14.6 Å². The maximum absolute atomic E-state index is 15.8. The van der Waals surface area contributed by atoms with E-state index in [2.05, 4.69) is 15.7 Å². The van der Waals surface area contributed by atoms with Gasteiger partial charge in [-0.05, 0) is 63.5 Å². The van der Waals surface area contributed by atoms with Crippen molar-refractivity contribution in [2.24, 2.45) is 11.1 Å². The number of hydrogen-bond acceptors (Lipinski definition) is 7. The van der Waals surface area contributed by atoms with Crippen LogP contribution in [0.25, 0.3) is 0 Å². The average Bonchev–Trinajstić information content (AvgIpc) is 3.49. The van der Waals surface area contributed by atoms with Crippen molar-refractivity contribution in [2.45, 2.75) is 82.8 Å². The Morgan fingerprint density at radius 3 is 2.53 bits per heavy atom. The van der Waals surface area contributed by atoms with E-state index in [1.807, 2.05) is 53.6 Å². The number of carbonyl (C=O) groups is 1. The summed E-state index contributed by atoms with van der Waals surface area (Å²) in [6.07, 6.45) is 1.48. The van der Waals surface area contributed by atoms with Crippen molar-refractivity contribution in [1.29, 1.82) is 0 Å². The molecule has 3 aromatic rings. The second-order valence-electron chi connectivity index (χ2n) is 14.5. The monoisotopic (exact) mass is 694 g/mol. The molecule has 0 spiro atoms. The third kappa shape index (κ3) is 8.89. The first-order chi connectivity index (χ1) is 21.8. The Morgan fingerprint density at radius 1 is 1.19 bits per heavy atom. The maximum Gasteiger partial charge on any atom is 0.243 e.